The summed E-state index contributed by atoms with van der Waals surface area (Å²) in [5.74, 6) is 0. The van der Waals surface area contributed by atoms with E-state index in [0.717, 1.165) is 8.66 Å². The van der Waals surface area contributed by atoms with Crippen molar-refractivity contribution in [3.63, 3.8) is 0 Å². The van der Waals surface area contributed by atoms with Crippen molar-refractivity contribution < 1.29 is 0 Å². The molecule has 0 spiro atoms. The molecule has 0 bridgehead atoms. The van der Waals surface area contributed by atoms with E-state index in [-0.39, 0.29) is 16.4 Å². The van der Waals surface area contributed by atoms with Crippen molar-refractivity contribution in [2.45, 2.75) is 6.54 Å². The molecular weight excluding hydrogens is 314 g/mol. The highest BCUT2D eigenvalue weighted by molar-refractivity contribution is 9.11. The van der Waals surface area contributed by atoms with E-state index >= 15 is 0 Å². The van der Waals surface area contributed by atoms with Crippen LogP contribution in [-0.4, -0.2) is 9.55 Å². The summed E-state index contributed by atoms with van der Waals surface area (Å²) >= 11 is 10.6. The number of nitrogens with two attached hydrogens (primary N) is 1. The average molecular weight is 321 g/mol. The Balaban J connectivity index is 2.36. The van der Waals surface area contributed by atoms with Crippen LogP contribution in [0.2, 0.25) is 5.15 Å². The zero-order valence-electron chi connectivity index (χ0n) is 7.98. The standard InChI is InChI=1S/C9H7BrClN3OS/c10-6-2-1-5(16-6)3-14-4-13-8(11)7(12)9(14)15/h1-2,4H,3,12H2. The maximum Gasteiger partial charge on any atom is 0.278 e. The van der Waals surface area contributed by atoms with Gasteiger partial charge in [0.1, 0.15) is 5.69 Å². The van der Waals surface area contributed by atoms with E-state index in [1.165, 1.54) is 10.9 Å². The molecule has 0 aliphatic carbocycles. The Bertz CT molecular complexity index is 580. The second kappa shape index (κ2) is 4.57. The molecule has 0 fully saturated rings. The van der Waals surface area contributed by atoms with Gasteiger partial charge < -0.3 is 5.73 Å². The molecule has 0 atom stereocenters. The number of hydrogen-bond acceptors (Lipinski definition) is 4. The van der Waals surface area contributed by atoms with Crippen LogP contribution in [-0.2, 0) is 6.54 Å². The molecule has 2 rings (SSSR count). The predicted molar refractivity (Wildman–Crippen MR) is 69.0 cm³/mol. The number of halogens is 2. The van der Waals surface area contributed by atoms with Crippen molar-refractivity contribution in [2.24, 2.45) is 0 Å². The molecule has 84 valence electrons. The van der Waals surface area contributed by atoms with E-state index < -0.39 is 0 Å². The van der Waals surface area contributed by atoms with Gasteiger partial charge in [0.05, 0.1) is 16.7 Å². The van der Waals surface area contributed by atoms with Gasteiger partial charge in [-0.05, 0) is 28.1 Å². The van der Waals surface area contributed by atoms with Crippen LogP contribution in [0, 0.1) is 0 Å². The maximum atomic E-state index is 11.7. The predicted octanol–water partition coefficient (Wildman–Crippen LogP) is 2.35. The molecule has 7 heteroatoms. The van der Waals surface area contributed by atoms with Crippen molar-refractivity contribution in [3.8, 4) is 0 Å². The highest BCUT2D eigenvalue weighted by atomic mass is 79.9. The van der Waals surface area contributed by atoms with Crippen LogP contribution in [0.4, 0.5) is 5.69 Å². The minimum atomic E-state index is -0.315. The number of nitrogen functional groups attached to an aromatic ring is 1. The van der Waals surface area contributed by atoms with Gasteiger partial charge in [-0.15, -0.1) is 11.3 Å². The minimum absolute atomic E-state index is 0.0141. The molecule has 2 heterocycles. The number of nitrogens with zero attached hydrogens (tertiary/aromatic N) is 2. The third-order valence-electron chi connectivity index (χ3n) is 1.98. The molecule has 0 saturated heterocycles. The van der Waals surface area contributed by atoms with Crippen molar-refractivity contribution in [1.29, 1.82) is 0 Å². The molecule has 0 unspecified atom stereocenters. The van der Waals surface area contributed by atoms with Crippen LogP contribution < -0.4 is 11.3 Å². The number of rotatable bonds is 2. The van der Waals surface area contributed by atoms with Crippen LogP contribution in [0.25, 0.3) is 0 Å². The van der Waals surface area contributed by atoms with Crippen LogP contribution >= 0.6 is 38.9 Å². The van der Waals surface area contributed by atoms with Gasteiger partial charge in [-0.25, -0.2) is 4.98 Å². The molecule has 2 aromatic rings. The summed E-state index contributed by atoms with van der Waals surface area (Å²) in [5, 5.41) is 0.0496. The Morgan fingerprint density at radius 2 is 2.31 bits per heavy atom. The summed E-state index contributed by atoms with van der Waals surface area (Å²) in [6.07, 6.45) is 1.40. The second-order valence-electron chi connectivity index (χ2n) is 3.09. The van der Waals surface area contributed by atoms with Gasteiger partial charge in [-0.3, -0.25) is 9.36 Å². The SMILES string of the molecule is Nc1c(Cl)ncn(Cc2ccc(Br)s2)c1=O. The first-order valence-corrected chi connectivity index (χ1v) is 6.31. The van der Waals surface area contributed by atoms with E-state index in [4.69, 9.17) is 17.3 Å². The van der Waals surface area contributed by atoms with E-state index in [9.17, 15) is 4.79 Å². The molecule has 2 N–H and O–H groups in total. The minimum Gasteiger partial charge on any atom is -0.392 e. The van der Waals surface area contributed by atoms with Gasteiger partial charge in [0.2, 0.25) is 0 Å². The Labute approximate surface area is 109 Å². The second-order valence-corrected chi connectivity index (χ2v) is 5.99. The molecule has 4 nitrogen and oxygen atoms in total. The fourth-order valence-electron chi connectivity index (χ4n) is 1.20. The highest BCUT2D eigenvalue weighted by Crippen LogP contribution is 2.22. The number of thiophene rings is 1. The van der Waals surface area contributed by atoms with Crippen LogP contribution in [0.15, 0.2) is 27.0 Å². The van der Waals surface area contributed by atoms with Gasteiger partial charge in [0, 0.05) is 4.88 Å². The number of hydrogen-bond donors (Lipinski definition) is 1. The fourth-order valence-corrected chi connectivity index (χ4v) is 2.81. The summed E-state index contributed by atoms with van der Waals surface area (Å²) in [4.78, 5) is 16.6. The summed E-state index contributed by atoms with van der Waals surface area (Å²) in [5.41, 5.74) is 5.18. The Morgan fingerprint density at radius 3 is 2.94 bits per heavy atom. The third-order valence-corrected chi connectivity index (χ3v) is 3.89. The lowest BCUT2D eigenvalue weighted by Gasteiger charge is -2.04. The first kappa shape index (κ1) is 11.6. The molecule has 0 aliphatic rings. The van der Waals surface area contributed by atoms with Crippen LogP contribution in [0.3, 0.4) is 0 Å². The van der Waals surface area contributed by atoms with Gasteiger partial charge in [0.25, 0.3) is 5.56 Å². The van der Waals surface area contributed by atoms with E-state index in [2.05, 4.69) is 20.9 Å². The smallest absolute Gasteiger partial charge is 0.278 e. The zero-order chi connectivity index (χ0) is 11.7. The molecule has 0 aliphatic heterocycles. The highest BCUT2D eigenvalue weighted by Gasteiger charge is 2.07. The molecular formula is C9H7BrClN3OS. The fraction of sp³-hybridized carbons (Fsp3) is 0.111. The van der Waals surface area contributed by atoms with Crippen molar-refractivity contribution >= 4 is 44.6 Å². The van der Waals surface area contributed by atoms with Crippen molar-refractivity contribution in [2.75, 3.05) is 5.73 Å². The molecule has 0 amide bonds. The zero-order valence-corrected chi connectivity index (χ0v) is 11.1. The summed E-state index contributed by atoms with van der Waals surface area (Å²) in [6, 6.07) is 3.86. The largest absolute Gasteiger partial charge is 0.392 e. The molecule has 0 saturated carbocycles. The van der Waals surface area contributed by atoms with E-state index in [1.54, 1.807) is 11.3 Å². The molecule has 2 aromatic heterocycles. The normalized spacial score (nSPS) is 10.6. The van der Waals surface area contributed by atoms with Crippen molar-refractivity contribution in [3.05, 3.63) is 42.6 Å². The van der Waals surface area contributed by atoms with Crippen molar-refractivity contribution in [1.82, 2.24) is 9.55 Å². The maximum absolute atomic E-state index is 11.7. The first-order chi connectivity index (χ1) is 7.58. The summed E-state index contributed by atoms with van der Waals surface area (Å²) in [7, 11) is 0. The Morgan fingerprint density at radius 1 is 1.56 bits per heavy atom. The molecule has 0 radical (unpaired) electrons. The average Bonchev–Trinajstić information content (AvgIpc) is 2.65. The topological polar surface area (TPSA) is 60.9 Å². The van der Waals surface area contributed by atoms with Gasteiger partial charge in [0.15, 0.2) is 5.15 Å². The third kappa shape index (κ3) is 2.28. The Kier molecular flexibility index (Phi) is 3.32. The molecule has 0 aromatic carbocycles. The van der Waals surface area contributed by atoms with Crippen LogP contribution in [0.1, 0.15) is 4.88 Å². The lowest BCUT2D eigenvalue weighted by Crippen LogP contribution is -2.23. The van der Waals surface area contributed by atoms with Gasteiger partial charge >= 0.3 is 0 Å². The monoisotopic (exact) mass is 319 g/mol. The first-order valence-electron chi connectivity index (χ1n) is 4.32. The lowest BCUT2D eigenvalue weighted by molar-refractivity contribution is 0.749. The lowest BCUT2D eigenvalue weighted by atomic mass is 10.4. The van der Waals surface area contributed by atoms with Gasteiger partial charge in [-0.1, -0.05) is 11.6 Å². The van der Waals surface area contributed by atoms with E-state index in [0.29, 0.717) is 6.54 Å². The Hall–Kier alpha value is -0.850. The van der Waals surface area contributed by atoms with Gasteiger partial charge in [-0.2, -0.15) is 0 Å². The molecule has 16 heavy (non-hydrogen) atoms. The summed E-state index contributed by atoms with van der Waals surface area (Å²) in [6.45, 7) is 0.448. The number of anilines is 1. The number of aromatic nitrogens is 2. The van der Waals surface area contributed by atoms with Crippen LogP contribution in [0.5, 0.6) is 0 Å². The summed E-state index contributed by atoms with van der Waals surface area (Å²) < 4.78 is 2.45. The van der Waals surface area contributed by atoms with E-state index in [1.807, 2.05) is 12.1 Å². The quantitative estimate of drug-likeness (QED) is 0.864.